The summed E-state index contributed by atoms with van der Waals surface area (Å²) in [5, 5.41) is 16.3. The van der Waals surface area contributed by atoms with Crippen LogP contribution in [0.15, 0.2) is 46.8 Å². The van der Waals surface area contributed by atoms with Crippen molar-refractivity contribution in [3.63, 3.8) is 0 Å². The van der Waals surface area contributed by atoms with Gasteiger partial charge in [0.05, 0.1) is 24.8 Å². The number of aliphatic hydroxyl groups is 1. The first kappa shape index (κ1) is 31.6. The Morgan fingerprint density at radius 1 is 1.16 bits per heavy atom. The maximum atomic E-state index is 13.6. The van der Waals surface area contributed by atoms with Crippen molar-refractivity contribution in [2.75, 3.05) is 25.1 Å². The topological polar surface area (TPSA) is 135 Å². The molecule has 3 heterocycles. The van der Waals surface area contributed by atoms with Crippen LogP contribution in [0.2, 0.25) is 0 Å². The van der Waals surface area contributed by atoms with Crippen LogP contribution >= 0.6 is 11.3 Å². The van der Waals surface area contributed by atoms with Gasteiger partial charge in [0.2, 0.25) is 5.43 Å². The number of hydrogen-bond donors (Lipinski definition) is 3. The molecule has 3 aromatic heterocycles. The second-order valence-electron chi connectivity index (χ2n) is 9.86. The van der Waals surface area contributed by atoms with Crippen molar-refractivity contribution in [2.45, 2.75) is 39.9 Å². The van der Waals surface area contributed by atoms with Crippen LogP contribution in [0, 0.1) is 5.92 Å². The Labute approximate surface area is 248 Å². The van der Waals surface area contributed by atoms with Gasteiger partial charge in [-0.15, -0.1) is 11.3 Å². The predicted octanol–water partition coefficient (Wildman–Crippen LogP) is 5.71. The van der Waals surface area contributed by atoms with Gasteiger partial charge < -0.3 is 19.7 Å². The molecule has 4 rings (SSSR count). The molecule has 14 heteroatoms. The summed E-state index contributed by atoms with van der Waals surface area (Å²) in [5.74, 6) is -0.817. The first-order chi connectivity index (χ1) is 20.4. The molecule has 0 fully saturated rings. The van der Waals surface area contributed by atoms with Gasteiger partial charge >= 0.3 is 18.2 Å². The van der Waals surface area contributed by atoms with Crippen molar-refractivity contribution in [2.24, 2.45) is 5.92 Å². The number of rotatable bonds is 9. The van der Waals surface area contributed by atoms with Crippen molar-refractivity contribution < 1.29 is 32.6 Å². The second kappa shape index (κ2) is 12.9. The molecule has 10 nitrogen and oxygen atoms in total. The number of nitrogens with zero attached hydrogens (tertiary/aromatic N) is 3. The highest BCUT2D eigenvalue weighted by Gasteiger charge is 2.34. The van der Waals surface area contributed by atoms with Crippen molar-refractivity contribution in [1.82, 2.24) is 19.9 Å². The number of esters is 1. The fourth-order valence-electron chi connectivity index (χ4n) is 4.55. The number of benzene rings is 1. The van der Waals surface area contributed by atoms with Gasteiger partial charge in [-0.2, -0.15) is 13.2 Å². The summed E-state index contributed by atoms with van der Waals surface area (Å²) in [6.45, 7) is 7.24. The Balaban J connectivity index is 1.97. The minimum Gasteiger partial charge on any atom is -0.462 e. The quantitative estimate of drug-likeness (QED) is 0.205. The maximum absolute atomic E-state index is 13.6. The Morgan fingerprint density at radius 2 is 1.91 bits per heavy atom. The lowest BCUT2D eigenvalue weighted by Crippen LogP contribution is -2.28. The number of thiazole rings is 1. The van der Waals surface area contributed by atoms with Gasteiger partial charge in [-0.3, -0.25) is 10.1 Å². The first-order valence-corrected chi connectivity index (χ1v) is 14.3. The van der Waals surface area contributed by atoms with Gasteiger partial charge in [-0.05, 0) is 43.5 Å². The maximum Gasteiger partial charge on any atom is 0.434 e. The summed E-state index contributed by atoms with van der Waals surface area (Å²) in [6, 6.07) is 5.19. The number of amides is 2. The van der Waals surface area contributed by atoms with E-state index >= 15 is 0 Å². The van der Waals surface area contributed by atoms with Crippen LogP contribution in [-0.2, 0) is 10.9 Å². The van der Waals surface area contributed by atoms with E-state index in [1.807, 2.05) is 13.8 Å². The van der Waals surface area contributed by atoms with E-state index in [1.54, 1.807) is 30.5 Å². The molecule has 3 N–H and O–H groups in total. The molecule has 0 saturated heterocycles. The third-order valence-electron chi connectivity index (χ3n) is 6.66. The molecular formula is C29H30F3N5O5S. The van der Waals surface area contributed by atoms with Crippen molar-refractivity contribution in [1.29, 1.82) is 0 Å². The number of hydrogen-bond acceptors (Lipinski definition) is 8. The summed E-state index contributed by atoms with van der Waals surface area (Å²) in [6.07, 6.45) is -1.92. The van der Waals surface area contributed by atoms with Crippen LogP contribution in [0.1, 0.15) is 49.8 Å². The number of anilines is 1. The molecule has 0 aliphatic carbocycles. The molecule has 2 amide bonds. The molecule has 228 valence electrons. The molecule has 0 aliphatic rings. The minimum absolute atomic E-state index is 0.0154. The van der Waals surface area contributed by atoms with Crippen LogP contribution < -0.4 is 16.1 Å². The van der Waals surface area contributed by atoms with Gasteiger partial charge in [-0.1, -0.05) is 19.9 Å². The number of nitrogens with one attached hydrogen (secondary N) is 2. The number of fused-ring (bicyclic) bond motifs is 1. The number of pyridine rings is 2. The monoisotopic (exact) mass is 617 g/mol. The lowest BCUT2D eigenvalue weighted by molar-refractivity contribution is -0.140. The number of urea groups is 1. The number of ether oxygens (including phenoxy) is 1. The smallest absolute Gasteiger partial charge is 0.434 e. The summed E-state index contributed by atoms with van der Waals surface area (Å²) in [7, 11) is 0. The predicted molar refractivity (Wildman–Crippen MR) is 157 cm³/mol. The third-order valence-corrected chi connectivity index (χ3v) is 7.54. The first-order valence-electron chi connectivity index (χ1n) is 13.4. The Hall–Kier alpha value is -4.30. The largest absolute Gasteiger partial charge is 0.462 e. The SMILES string of the molecule is CCNC(=O)Nc1cc(-c2nc(C(F)(F)F)cs2)c(-c2ccc3c(c2)c(=O)c(C(=O)OCC)cn3[C@@H](CO)C(C)C)cn1. The average Bonchev–Trinajstić information content (AvgIpc) is 3.46. The molecule has 0 aliphatic heterocycles. The lowest BCUT2D eigenvalue weighted by Gasteiger charge is -2.25. The van der Waals surface area contributed by atoms with E-state index in [9.17, 15) is 32.7 Å². The molecule has 0 radical (unpaired) electrons. The zero-order valence-electron chi connectivity index (χ0n) is 23.8. The molecule has 0 unspecified atom stereocenters. The number of aromatic nitrogens is 3. The summed E-state index contributed by atoms with van der Waals surface area (Å²) in [4.78, 5) is 46.5. The standard InChI is InChI=1S/C29H30F3N5O5S/c1-5-33-28(41)36-24-10-17(26-35-23(14-43-26)29(30,31)32)19(11-34-24)16-7-8-21-18(9-16)25(39)20(27(40)42-6-2)12-37(21)22(13-38)15(3)4/h7-12,14-15,22,38H,5-6,13H2,1-4H3,(H2,33,34,36,41)/t22-/m0/s1. The normalized spacial score (nSPS) is 12.4. The molecular weight excluding hydrogens is 587 g/mol. The molecule has 4 aromatic rings. The highest BCUT2D eigenvalue weighted by Crippen LogP contribution is 2.39. The lowest BCUT2D eigenvalue weighted by atomic mass is 9.98. The fraction of sp³-hybridized carbons (Fsp3) is 0.345. The summed E-state index contributed by atoms with van der Waals surface area (Å²) in [5.41, 5.74) is -0.492. The number of alkyl halides is 3. The molecule has 43 heavy (non-hydrogen) atoms. The minimum atomic E-state index is -4.67. The zero-order valence-corrected chi connectivity index (χ0v) is 24.6. The Bertz CT molecular complexity index is 1720. The van der Waals surface area contributed by atoms with Crippen LogP contribution in [0.25, 0.3) is 32.6 Å². The van der Waals surface area contributed by atoms with Gasteiger partial charge in [0.1, 0.15) is 16.4 Å². The van der Waals surface area contributed by atoms with E-state index < -0.39 is 35.3 Å². The zero-order chi connectivity index (χ0) is 31.5. The third kappa shape index (κ3) is 6.70. The van der Waals surface area contributed by atoms with Crippen LogP contribution in [0.5, 0.6) is 0 Å². The van der Waals surface area contributed by atoms with Gasteiger partial charge in [0.25, 0.3) is 0 Å². The van der Waals surface area contributed by atoms with E-state index in [2.05, 4.69) is 20.6 Å². The van der Waals surface area contributed by atoms with Gasteiger partial charge in [0.15, 0.2) is 5.69 Å². The molecule has 1 aromatic carbocycles. The van der Waals surface area contributed by atoms with E-state index in [-0.39, 0.29) is 46.5 Å². The van der Waals surface area contributed by atoms with Crippen LogP contribution in [-0.4, -0.2) is 51.4 Å². The van der Waals surface area contributed by atoms with E-state index in [1.165, 1.54) is 24.5 Å². The summed E-state index contributed by atoms with van der Waals surface area (Å²) >= 11 is 0.765. The number of halogens is 3. The fourth-order valence-corrected chi connectivity index (χ4v) is 5.41. The van der Waals surface area contributed by atoms with Crippen molar-refractivity contribution >= 4 is 40.1 Å². The number of carbonyl (C=O) groups excluding carboxylic acids is 2. The van der Waals surface area contributed by atoms with E-state index in [0.29, 0.717) is 23.2 Å². The van der Waals surface area contributed by atoms with E-state index in [4.69, 9.17) is 4.74 Å². The highest BCUT2D eigenvalue weighted by molar-refractivity contribution is 7.13. The highest BCUT2D eigenvalue weighted by atomic mass is 32.1. The summed E-state index contributed by atoms with van der Waals surface area (Å²) < 4.78 is 47.0. The second-order valence-corrected chi connectivity index (χ2v) is 10.7. The van der Waals surface area contributed by atoms with Crippen molar-refractivity contribution in [3.8, 4) is 21.7 Å². The van der Waals surface area contributed by atoms with Crippen LogP contribution in [0.3, 0.4) is 0 Å². The average molecular weight is 618 g/mol. The molecule has 0 saturated carbocycles. The Morgan fingerprint density at radius 3 is 2.51 bits per heavy atom. The van der Waals surface area contributed by atoms with Crippen LogP contribution in [0.4, 0.5) is 23.8 Å². The molecule has 1 atom stereocenters. The molecule has 0 spiro atoms. The molecule has 0 bridgehead atoms. The Kier molecular flexibility index (Phi) is 9.50. The van der Waals surface area contributed by atoms with E-state index in [0.717, 1.165) is 16.7 Å². The van der Waals surface area contributed by atoms with Gasteiger partial charge in [0, 0.05) is 40.8 Å². The number of aliphatic hydroxyl groups excluding tert-OH is 1. The number of carbonyl (C=O) groups is 2. The van der Waals surface area contributed by atoms with Crippen molar-refractivity contribution in [3.05, 3.63) is 63.5 Å². The van der Waals surface area contributed by atoms with Gasteiger partial charge in [-0.25, -0.2) is 19.6 Å².